The van der Waals surface area contributed by atoms with Crippen molar-refractivity contribution in [2.24, 2.45) is 0 Å². The van der Waals surface area contributed by atoms with Gasteiger partial charge in [0.1, 0.15) is 5.75 Å². The highest BCUT2D eigenvalue weighted by Crippen LogP contribution is 2.18. The highest BCUT2D eigenvalue weighted by molar-refractivity contribution is 7.80. The second kappa shape index (κ2) is 8.03. The Morgan fingerprint density at radius 3 is 2.25 bits per heavy atom. The molecule has 5 nitrogen and oxygen atoms in total. The van der Waals surface area contributed by atoms with Gasteiger partial charge in [-0.25, -0.2) is 0 Å². The maximum absolute atomic E-state index is 5.59. The van der Waals surface area contributed by atoms with Crippen molar-refractivity contribution < 1.29 is 4.74 Å². The Balaban J connectivity index is 1.51. The van der Waals surface area contributed by atoms with Gasteiger partial charge in [-0.3, -0.25) is 0 Å². The number of hydrogen-bond donors (Lipinski definition) is 2. The van der Waals surface area contributed by atoms with Crippen LogP contribution >= 0.6 is 12.2 Å². The zero-order valence-corrected chi connectivity index (χ0v) is 13.7. The third-order valence-corrected chi connectivity index (χ3v) is 3.39. The summed E-state index contributed by atoms with van der Waals surface area (Å²) in [6.45, 7) is 0.648. The van der Waals surface area contributed by atoms with E-state index in [0.717, 1.165) is 5.56 Å². The quantitative estimate of drug-likeness (QED) is 0.692. The van der Waals surface area contributed by atoms with Crippen LogP contribution in [0, 0.1) is 0 Å². The number of hydrogen-bond acceptors (Lipinski definition) is 4. The predicted octanol–water partition coefficient (Wildman–Crippen LogP) is 3.76. The summed E-state index contributed by atoms with van der Waals surface area (Å²) >= 11 is 5.25. The number of benzene rings is 2. The number of thiocarbonyl (C=S) groups is 1. The fourth-order valence-electron chi connectivity index (χ4n) is 1.99. The van der Waals surface area contributed by atoms with Crippen molar-refractivity contribution in [1.29, 1.82) is 0 Å². The Bertz CT molecular complexity index is 779. The highest BCUT2D eigenvalue weighted by atomic mass is 32.1. The Kier molecular flexibility index (Phi) is 5.32. The molecule has 3 rings (SSSR count). The first-order valence-electron chi connectivity index (χ1n) is 7.45. The molecule has 2 aromatic carbocycles. The van der Waals surface area contributed by atoms with Crippen LogP contribution in [0.25, 0.3) is 0 Å². The molecule has 0 atom stereocenters. The maximum atomic E-state index is 5.59. The molecule has 0 fully saturated rings. The van der Waals surface area contributed by atoms with E-state index in [1.807, 2.05) is 60.7 Å². The summed E-state index contributed by atoms with van der Waals surface area (Å²) in [4.78, 5) is 0. The van der Waals surface area contributed by atoms with Crippen LogP contribution in [-0.4, -0.2) is 15.3 Å². The summed E-state index contributed by atoms with van der Waals surface area (Å²) in [6.07, 6.45) is 0. The smallest absolute Gasteiger partial charge is 0.238 e. The van der Waals surface area contributed by atoms with Gasteiger partial charge in [0.15, 0.2) is 10.9 Å². The first-order chi connectivity index (χ1) is 11.8. The van der Waals surface area contributed by atoms with E-state index in [-0.39, 0.29) is 0 Å². The molecule has 6 heteroatoms. The minimum absolute atomic E-state index is 0.426. The molecule has 0 saturated heterocycles. The minimum Gasteiger partial charge on any atom is -0.438 e. The van der Waals surface area contributed by atoms with Crippen LogP contribution in [0.4, 0.5) is 5.82 Å². The fraction of sp³-hybridized carbons (Fsp3) is 0.0556. The van der Waals surface area contributed by atoms with Crippen molar-refractivity contribution in [1.82, 2.24) is 15.5 Å². The lowest BCUT2D eigenvalue weighted by Crippen LogP contribution is -2.28. The average molecular weight is 336 g/mol. The van der Waals surface area contributed by atoms with Crippen LogP contribution < -0.4 is 15.4 Å². The monoisotopic (exact) mass is 336 g/mol. The molecule has 0 saturated carbocycles. The molecule has 0 spiro atoms. The number of anilines is 1. The maximum Gasteiger partial charge on any atom is 0.238 e. The van der Waals surface area contributed by atoms with Crippen molar-refractivity contribution in [3.63, 3.8) is 0 Å². The van der Waals surface area contributed by atoms with Crippen molar-refractivity contribution in [2.75, 3.05) is 5.32 Å². The largest absolute Gasteiger partial charge is 0.438 e. The Morgan fingerprint density at radius 2 is 1.58 bits per heavy atom. The van der Waals surface area contributed by atoms with E-state index in [9.17, 15) is 0 Å². The molecular formula is C18H16N4OS. The fourth-order valence-corrected chi connectivity index (χ4v) is 2.17. The zero-order valence-electron chi connectivity index (χ0n) is 12.8. The summed E-state index contributed by atoms with van der Waals surface area (Å²) in [5.41, 5.74) is 1.15. The summed E-state index contributed by atoms with van der Waals surface area (Å²) in [6, 6.07) is 23.0. The first kappa shape index (κ1) is 15.9. The SMILES string of the molecule is S=C(NCc1ccccc1)Nc1ccc(Oc2ccccc2)nn1. The molecule has 0 radical (unpaired) electrons. The van der Waals surface area contributed by atoms with Crippen LogP contribution in [0.15, 0.2) is 72.8 Å². The number of nitrogens with one attached hydrogen (secondary N) is 2. The molecule has 1 heterocycles. The van der Waals surface area contributed by atoms with E-state index >= 15 is 0 Å². The van der Waals surface area contributed by atoms with Crippen molar-refractivity contribution in [2.45, 2.75) is 6.54 Å². The lowest BCUT2D eigenvalue weighted by molar-refractivity contribution is 0.455. The summed E-state index contributed by atoms with van der Waals surface area (Å²) in [7, 11) is 0. The van der Waals surface area contributed by atoms with E-state index in [1.165, 1.54) is 0 Å². The summed E-state index contributed by atoms with van der Waals surface area (Å²) < 4.78 is 5.59. The van der Waals surface area contributed by atoms with Gasteiger partial charge in [-0.05, 0) is 36.0 Å². The van der Waals surface area contributed by atoms with Gasteiger partial charge in [-0.15, -0.1) is 10.2 Å². The molecule has 0 aliphatic rings. The highest BCUT2D eigenvalue weighted by Gasteiger charge is 2.02. The number of para-hydroxylation sites is 1. The standard InChI is InChI=1S/C18H16N4OS/c24-18(19-13-14-7-3-1-4-8-14)20-16-11-12-17(22-21-16)23-15-9-5-2-6-10-15/h1-12H,13H2,(H2,19,20,21,24). The lowest BCUT2D eigenvalue weighted by atomic mass is 10.2. The minimum atomic E-state index is 0.426. The van der Waals surface area contributed by atoms with E-state index in [2.05, 4.69) is 20.8 Å². The molecule has 24 heavy (non-hydrogen) atoms. The van der Waals surface area contributed by atoms with Gasteiger partial charge >= 0.3 is 0 Å². The normalized spacial score (nSPS) is 10.0. The van der Waals surface area contributed by atoms with Gasteiger partial charge in [0.05, 0.1) is 0 Å². The van der Waals surface area contributed by atoms with Gasteiger partial charge in [0, 0.05) is 12.6 Å². The number of ether oxygens (including phenoxy) is 1. The number of nitrogens with zero attached hydrogens (tertiary/aromatic N) is 2. The van der Waals surface area contributed by atoms with Gasteiger partial charge < -0.3 is 15.4 Å². The lowest BCUT2D eigenvalue weighted by Gasteiger charge is -2.10. The van der Waals surface area contributed by atoms with E-state index in [4.69, 9.17) is 17.0 Å². The van der Waals surface area contributed by atoms with Crippen LogP contribution in [0.1, 0.15) is 5.56 Å². The van der Waals surface area contributed by atoms with Crippen LogP contribution in [-0.2, 0) is 6.54 Å². The second-order valence-corrected chi connectivity index (χ2v) is 5.37. The van der Waals surface area contributed by atoms with E-state index < -0.39 is 0 Å². The molecule has 0 aliphatic carbocycles. The Morgan fingerprint density at radius 1 is 0.875 bits per heavy atom. The topological polar surface area (TPSA) is 59.1 Å². The van der Waals surface area contributed by atoms with Crippen molar-refractivity contribution >= 4 is 23.1 Å². The van der Waals surface area contributed by atoms with Crippen LogP contribution in [0.5, 0.6) is 11.6 Å². The Hall–Kier alpha value is -2.99. The van der Waals surface area contributed by atoms with Gasteiger partial charge in [-0.2, -0.15) is 0 Å². The molecule has 2 N–H and O–H groups in total. The van der Waals surface area contributed by atoms with Crippen molar-refractivity contribution in [3.05, 3.63) is 78.4 Å². The molecule has 0 aliphatic heterocycles. The van der Waals surface area contributed by atoms with Crippen LogP contribution in [0.3, 0.4) is 0 Å². The third-order valence-electron chi connectivity index (χ3n) is 3.14. The molecule has 0 unspecified atom stereocenters. The molecule has 1 aromatic heterocycles. The van der Waals surface area contributed by atoms with Gasteiger partial charge in [0.2, 0.25) is 5.88 Å². The van der Waals surface area contributed by atoms with Gasteiger partial charge in [0.25, 0.3) is 0 Å². The molecule has 0 amide bonds. The third kappa shape index (κ3) is 4.76. The van der Waals surface area contributed by atoms with Crippen molar-refractivity contribution in [3.8, 4) is 11.6 Å². The molecule has 120 valence electrons. The number of aromatic nitrogens is 2. The molecule has 0 bridgehead atoms. The molecule has 3 aromatic rings. The Labute approximate surface area is 145 Å². The zero-order chi connectivity index (χ0) is 16.6. The van der Waals surface area contributed by atoms with E-state index in [1.54, 1.807) is 12.1 Å². The van der Waals surface area contributed by atoms with E-state index in [0.29, 0.717) is 29.1 Å². The molecular weight excluding hydrogens is 320 g/mol. The summed E-state index contributed by atoms with van der Waals surface area (Å²) in [5.74, 6) is 1.70. The summed E-state index contributed by atoms with van der Waals surface area (Å²) in [5, 5.41) is 14.7. The van der Waals surface area contributed by atoms with Crippen LogP contribution in [0.2, 0.25) is 0 Å². The second-order valence-electron chi connectivity index (χ2n) is 4.97. The number of rotatable bonds is 5. The first-order valence-corrected chi connectivity index (χ1v) is 7.86. The van der Waals surface area contributed by atoms with Gasteiger partial charge in [-0.1, -0.05) is 48.5 Å². The predicted molar refractivity (Wildman–Crippen MR) is 98.1 cm³/mol. The average Bonchev–Trinajstić information content (AvgIpc) is 2.63.